The Morgan fingerprint density at radius 2 is 1.95 bits per heavy atom. The van der Waals surface area contributed by atoms with Crippen LogP contribution in [0, 0.1) is 5.82 Å². The number of anilines is 1. The zero-order chi connectivity index (χ0) is 13.8. The Morgan fingerprint density at radius 3 is 2.53 bits per heavy atom. The van der Waals surface area contributed by atoms with E-state index in [-0.39, 0.29) is 5.69 Å². The van der Waals surface area contributed by atoms with Gasteiger partial charge < -0.3 is 9.64 Å². The van der Waals surface area contributed by atoms with Gasteiger partial charge in [0.1, 0.15) is 5.75 Å². The molecule has 1 amide bonds. The third kappa shape index (κ3) is 2.70. The molecule has 2 rings (SSSR count). The van der Waals surface area contributed by atoms with Gasteiger partial charge in [-0.05, 0) is 36.4 Å². The number of nitrogens with zero attached hydrogens (tertiary/aromatic N) is 2. The monoisotopic (exact) mass is 260 g/mol. The fourth-order valence-electron chi connectivity index (χ4n) is 1.62. The fraction of sp³-hybridized carbons (Fsp3) is 0.143. The highest BCUT2D eigenvalue weighted by molar-refractivity contribution is 6.04. The van der Waals surface area contributed by atoms with Crippen LogP contribution in [0.1, 0.15) is 10.5 Å². The van der Waals surface area contributed by atoms with Crippen LogP contribution in [0.2, 0.25) is 0 Å². The van der Waals surface area contributed by atoms with Crippen LogP contribution in [0.15, 0.2) is 42.6 Å². The lowest BCUT2D eigenvalue weighted by atomic mass is 10.2. The topological polar surface area (TPSA) is 42.4 Å². The minimum absolute atomic E-state index is 0.194. The van der Waals surface area contributed by atoms with Crippen LogP contribution >= 0.6 is 0 Å². The van der Waals surface area contributed by atoms with E-state index < -0.39 is 11.7 Å². The fourth-order valence-corrected chi connectivity index (χ4v) is 1.62. The molecule has 1 heterocycles. The first kappa shape index (κ1) is 13.0. The van der Waals surface area contributed by atoms with Crippen molar-refractivity contribution in [2.45, 2.75) is 0 Å². The molecule has 0 unspecified atom stereocenters. The van der Waals surface area contributed by atoms with Crippen LogP contribution in [0.5, 0.6) is 5.75 Å². The SMILES string of the molecule is COc1ccc(N(C)C(=O)c2ncccc2F)cc1. The minimum Gasteiger partial charge on any atom is -0.497 e. The van der Waals surface area contributed by atoms with Crippen LogP contribution in [-0.2, 0) is 0 Å². The van der Waals surface area contributed by atoms with E-state index in [1.54, 1.807) is 38.4 Å². The molecule has 0 saturated heterocycles. The molecule has 0 fully saturated rings. The first-order valence-corrected chi connectivity index (χ1v) is 5.66. The molecule has 1 aromatic heterocycles. The van der Waals surface area contributed by atoms with Gasteiger partial charge in [0.2, 0.25) is 0 Å². The predicted molar refractivity (Wildman–Crippen MR) is 69.9 cm³/mol. The number of carbonyl (C=O) groups excluding carboxylic acids is 1. The van der Waals surface area contributed by atoms with Gasteiger partial charge in [-0.25, -0.2) is 9.37 Å². The van der Waals surface area contributed by atoms with Crippen molar-refractivity contribution in [1.82, 2.24) is 4.98 Å². The molecule has 0 bridgehead atoms. The maximum atomic E-state index is 13.5. The Labute approximate surface area is 110 Å². The van der Waals surface area contributed by atoms with Gasteiger partial charge in [-0.2, -0.15) is 0 Å². The Morgan fingerprint density at radius 1 is 1.26 bits per heavy atom. The number of hydrogen-bond acceptors (Lipinski definition) is 3. The van der Waals surface area contributed by atoms with Crippen molar-refractivity contribution < 1.29 is 13.9 Å². The number of ether oxygens (including phenoxy) is 1. The lowest BCUT2D eigenvalue weighted by Gasteiger charge is -2.17. The number of carbonyl (C=O) groups is 1. The molecule has 0 saturated carbocycles. The van der Waals surface area contributed by atoms with E-state index in [0.717, 1.165) is 0 Å². The van der Waals surface area contributed by atoms with Gasteiger partial charge >= 0.3 is 0 Å². The van der Waals surface area contributed by atoms with Gasteiger partial charge in [0.15, 0.2) is 11.5 Å². The first-order chi connectivity index (χ1) is 9.13. The molecule has 2 aromatic rings. The molecule has 0 spiro atoms. The van der Waals surface area contributed by atoms with Gasteiger partial charge in [-0.1, -0.05) is 0 Å². The highest BCUT2D eigenvalue weighted by atomic mass is 19.1. The number of aromatic nitrogens is 1. The Bertz CT molecular complexity index is 584. The molecule has 0 aliphatic carbocycles. The maximum Gasteiger partial charge on any atom is 0.279 e. The van der Waals surface area contributed by atoms with Crippen LogP contribution in [0.25, 0.3) is 0 Å². The van der Waals surface area contributed by atoms with Crippen molar-refractivity contribution in [3.8, 4) is 5.75 Å². The Balaban J connectivity index is 2.26. The predicted octanol–water partition coefficient (Wildman–Crippen LogP) is 2.51. The highest BCUT2D eigenvalue weighted by Gasteiger charge is 2.18. The standard InChI is InChI=1S/C14H13FN2O2/c1-17(10-5-7-11(19-2)8-6-10)14(18)13-12(15)4-3-9-16-13/h3-9H,1-2H3. The Hall–Kier alpha value is -2.43. The maximum absolute atomic E-state index is 13.5. The summed E-state index contributed by atoms with van der Waals surface area (Å²) in [6.07, 6.45) is 1.39. The number of pyridine rings is 1. The third-order valence-corrected chi connectivity index (χ3v) is 2.73. The van der Waals surface area contributed by atoms with Crippen LogP contribution < -0.4 is 9.64 Å². The molecular weight excluding hydrogens is 247 g/mol. The van der Waals surface area contributed by atoms with Crippen LogP contribution in [0.3, 0.4) is 0 Å². The largest absolute Gasteiger partial charge is 0.497 e. The number of halogens is 1. The smallest absolute Gasteiger partial charge is 0.279 e. The lowest BCUT2D eigenvalue weighted by Crippen LogP contribution is -2.27. The zero-order valence-electron chi connectivity index (χ0n) is 10.6. The quantitative estimate of drug-likeness (QED) is 0.851. The van der Waals surface area contributed by atoms with Crippen molar-refractivity contribution in [2.75, 3.05) is 19.1 Å². The second kappa shape index (κ2) is 5.48. The van der Waals surface area contributed by atoms with Crippen molar-refractivity contribution in [3.05, 3.63) is 54.1 Å². The number of benzene rings is 1. The summed E-state index contributed by atoms with van der Waals surface area (Å²) in [5.41, 5.74) is 0.441. The third-order valence-electron chi connectivity index (χ3n) is 2.73. The second-order valence-electron chi connectivity index (χ2n) is 3.90. The zero-order valence-corrected chi connectivity index (χ0v) is 10.6. The summed E-state index contributed by atoms with van der Waals surface area (Å²) < 4.78 is 18.5. The second-order valence-corrected chi connectivity index (χ2v) is 3.90. The van der Waals surface area contributed by atoms with Gasteiger partial charge in [-0.15, -0.1) is 0 Å². The van der Waals surface area contributed by atoms with E-state index in [1.165, 1.54) is 23.2 Å². The van der Waals surface area contributed by atoms with Gasteiger partial charge in [0.25, 0.3) is 5.91 Å². The molecular formula is C14H13FN2O2. The molecule has 98 valence electrons. The van der Waals surface area contributed by atoms with E-state index in [2.05, 4.69) is 4.98 Å². The normalized spacial score (nSPS) is 10.1. The first-order valence-electron chi connectivity index (χ1n) is 5.66. The van der Waals surface area contributed by atoms with E-state index in [0.29, 0.717) is 11.4 Å². The van der Waals surface area contributed by atoms with E-state index >= 15 is 0 Å². The summed E-state index contributed by atoms with van der Waals surface area (Å²) in [6.45, 7) is 0. The molecule has 0 N–H and O–H groups in total. The Kier molecular flexibility index (Phi) is 3.75. The van der Waals surface area contributed by atoms with Gasteiger partial charge in [0, 0.05) is 18.9 Å². The average Bonchev–Trinajstić information content (AvgIpc) is 2.46. The molecule has 0 atom stereocenters. The number of methoxy groups -OCH3 is 1. The molecule has 0 aliphatic heterocycles. The van der Waals surface area contributed by atoms with Crippen molar-refractivity contribution in [1.29, 1.82) is 0 Å². The van der Waals surface area contributed by atoms with Gasteiger partial charge in [-0.3, -0.25) is 4.79 Å². The summed E-state index contributed by atoms with van der Waals surface area (Å²) in [7, 11) is 3.13. The number of hydrogen-bond donors (Lipinski definition) is 0. The molecule has 19 heavy (non-hydrogen) atoms. The molecule has 1 aromatic carbocycles. The van der Waals surface area contributed by atoms with Crippen LogP contribution in [0.4, 0.5) is 10.1 Å². The summed E-state index contributed by atoms with van der Waals surface area (Å²) in [6, 6.07) is 9.55. The van der Waals surface area contributed by atoms with Gasteiger partial charge in [0.05, 0.1) is 7.11 Å². The van der Waals surface area contributed by atoms with Crippen LogP contribution in [-0.4, -0.2) is 25.0 Å². The minimum atomic E-state index is -0.632. The van der Waals surface area contributed by atoms with E-state index in [9.17, 15) is 9.18 Å². The lowest BCUT2D eigenvalue weighted by molar-refractivity contribution is 0.0984. The van der Waals surface area contributed by atoms with E-state index in [1.807, 2.05) is 0 Å². The summed E-state index contributed by atoms with van der Waals surface area (Å²) in [5.74, 6) is -0.440. The van der Waals surface area contributed by atoms with E-state index in [4.69, 9.17) is 4.74 Å². The number of amides is 1. The average molecular weight is 260 g/mol. The molecule has 0 aliphatic rings. The summed E-state index contributed by atoms with van der Waals surface area (Å²) in [4.78, 5) is 17.2. The van der Waals surface area contributed by atoms with Crippen molar-refractivity contribution in [3.63, 3.8) is 0 Å². The summed E-state index contributed by atoms with van der Waals surface area (Å²) in [5, 5.41) is 0. The molecule has 5 heteroatoms. The van der Waals surface area contributed by atoms with Crippen molar-refractivity contribution >= 4 is 11.6 Å². The van der Waals surface area contributed by atoms with Crippen molar-refractivity contribution in [2.24, 2.45) is 0 Å². The number of rotatable bonds is 3. The molecule has 4 nitrogen and oxygen atoms in total. The highest BCUT2D eigenvalue weighted by Crippen LogP contribution is 2.19. The molecule has 0 radical (unpaired) electrons. The summed E-state index contributed by atoms with van der Waals surface area (Å²) >= 11 is 0.